The normalized spacial score (nSPS) is 11.8. The summed E-state index contributed by atoms with van der Waals surface area (Å²) in [5.74, 6) is 0.0941. The van der Waals surface area contributed by atoms with Crippen LogP contribution in [0, 0.1) is 0 Å². The summed E-state index contributed by atoms with van der Waals surface area (Å²) in [5, 5.41) is 12.9. The highest BCUT2D eigenvalue weighted by Crippen LogP contribution is 2.27. The highest BCUT2D eigenvalue weighted by molar-refractivity contribution is 6.35. The van der Waals surface area contributed by atoms with Gasteiger partial charge in [-0.15, -0.1) is 0 Å². The molecule has 2 aromatic rings. The number of aliphatic hydroxyl groups is 1. The number of ether oxygens (including phenoxy) is 1. The van der Waals surface area contributed by atoms with E-state index in [1.807, 2.05) is 0 Å². The minimum absolute atomic E-state index is 0.0947. The van der Waals surface area contributed by atoms with Gasteiger partial charge in [0, 0.05) is 28.4 Å². The van der Waals surface area contributed by atoms with Crippen molar-refractivity contribution in [3.05, 3.63) is 51.6 Å². The number of carbonyl (C=O) groups excluding carboxylic acids is 1. The zero-order valence-electron chi connectivity index (χ0n) is 13.6. The van der Waals surface area contributed by atoms with Crippen LogP contribution in [-0.4, -0.2) is 28.6 Å². The average Bonchev–Trinajstić information content (AvgIpc) is 2.55. The van der Waals surface area contributed by atoms with Gasteiger partial charge in [-0.2, -0.15) is 0 Å². The number of halogens is 2. The molecule has 0 bridgehead atoms. The van der Waals surface area contributed by atoms with E-state index in [2.05, 4.69) is 10.3 Å². The number of hydrogen-bond acceptors (Lipinski definition) is 5. The first-order valence-electron chi connectivity index (χ1n) is 7.66. The number of benzene rings is 1. The van der Waals surface area contributed by atoms with Crippen molar-refractivity contribution in [1.82, 2.24) is 10.3 Å². The Hall–Kier alpha value is -2.02. The lowest BCUT2D eigenvalue weighted by Gasteiger charge is -2.12. The van der Waals surface area contributed by atoms with E-state index in [-0.39, 0.29) is 24.1 Å². The summed E-state index contributed by atoms with van der Waals surface area (Å²) < 4.78 is 5.64. The third-order valence-corrected chi connectivity index (χ3v) is 4.13. The Kier molecular flexibility index (Phi) is 6.87. The van der Waals surface area contributed by atoms with Crippen LogP contribution in [-0.2, 0) is 6.61 Å². The third-order valence-electron chi connectivity index (χ3n) is 3.43. The Morgan fingerprint density at radius 2 is 2.08 bits per heavy atom. The molecule has 134 valence electrons. The molecule has 0 aliphatic carbocycles. The van der Waals surface area contributed by atoms with Crippen molar-refractivity contribution in [1.29, 1.82) is 0 Å². The molecule has 0 aliphatic heterocycles. The van der Waals surface area contributed by atoms with Gasteiger partial charge >= 0.3 is 0 Å². The zero-order chi connectivity index (χ0) is 18.4. The lowest BCUT2D eigenvalue weighted by atomic mass is 10.2. The van der Waals surface area contributed by atoms with Gasteiger partial charge in [-0.3, -0.25) is 4.79 Å². The molecule has 2 rings (SSSR count). The second kappa shape index (κ2) is 8.89. The quantitative estimate of drug-likeness (QED) is 0.682. The van der Waals surface area contributed by atoms with Crippen LogP contribution < -0.4 is 15.8 Å². The number of hydrogen-bond donors (Lipinski definition) is 3. The van der Waals surface area contributed by atoms with Crippen molar-refractivity contribution in [2.24, 2.45) is 0 Å². The molecule has 1 heterocycles. The molecule has 1 aromatic heterocycles. The molecule has 0 spiro atoms. The number of rotatable bonds is 7. The number of aromatic nitrogens is 1. The molecule has 6 nitrogen and oxygen atoms in total. The predicted molar refractivity (Wildman–Crippen MR) is 98.1 cm³/mol. The largest absolute Gasteiger partial charge is 0.485 e. The van der Waals surface area contributed by atoms with Crippen molar-refractivity contribution in [2.75, 3.05) is 12.3 Å². The van der Waals surface area contributed by atoms with Crippen LogP contribution in [0.25, 0.3) is 0 Å². The summed E-state index contributed by atoms with van der Waals surface area (Å²) in [6.45, 7) is 2.10. The first kappa shape index (κ1) is 19.3. The molecule has 1 aromatic carbocycles. The number of nitrogen functional groups attached to an aromatic ring is 1. The SMILES string of the molecule is CC(O)CCNC(=O)c1cnc(N)c(OCc2c(Cl)cccc2Cl)c1. The Morgan fingerprint density at radius 3 is 2.72 bits per heavy atom. The van der Waals surface area contributed by atoms with Gasteiger partial charge in [-0.05, 0) is 31.5 Å². The first-order chi connectivity index (χ1) is 11.9. The van der Waals surface area contributed by atoms with Crippen LogP contribution in [0.4, 0.5) is 5.82 Å². The van der Waals surface area contributed by atoms with E-state index < -0.39 is 6.10 Å². The zero-order valence-corrected chi connectivity index (χ0v) is 15.1. The maximum atomic E-state index is 12.1. The van der Waals surface area contributed by atoms with Gasteiger partial charge in [-0.1, -0.05) is 29.3 Å². The number of nitrogens with one attached hydrogen (secondary N) is 1. The molecule has 0 aliphatic rings. The van der Waals surface area contributed by atoms with Gasteiger partial charge in [-0.25, -0.2) is 4.98 Å². The van der Waals surface area contributed by atoms with E-state index in [1.54, 1.807) is 25.1 Å². The predicted octanol–water partition coefficient (Wildman–Crippen LogP) is 3.05. The molecule has 1 amide bonds. The molecule has 8 heteroatoms. The van der Waals surface area contributed by atoms with E-state index in [0.717, 1.165) is 0 Å². The first-order valence-corrected chi connectivity index (χ1v) is 8.41. The van der Waals surface area contributed by atoms with Crippen molar-refractivity contribution in [3.63, 3.8) is 0 Å². The van der Waals surface area contributed by atoms with Gasteiger partial charge in [0.05, 0.1) is 11.7 Å². The summed E-state index contributed by atoms with van der Waals surface area (Å²) in [5.41, 5.74) is 6.73. The summed E-state index contributed by atoms with van der Waals surface area (Å²) in [7, 11) is 0. The smallest absolute Gasteiger partial charge is 0.252 e. The second-order valence-corrected chi connectivity index (χ2v) is 6.30. The Labute approximate surface area is 155 Å². The lowest BCUT2D eigenvalue weighted by Crippen LogP contribution is -2.26. The summed E-state index contributed by atoms with van der Waals surface area (Å²) in [4.78, 5) is 16.1. The number of nitrogens with zero attached hydrogens (tertiary/aromatic N) is 1. The molecule has 1 unspecified atom stereocenters. The number of pyridine rings is 1. The van der Waals surface area contributed by atoms with Crippen LogP contribution in [0.3, 0.4) is 0 Å². The standard InChI is InChI=1S/C17H19Cl2N3O3/c1-10(23)5-6-21-17(24)11-7-15(16(20)22-8-11)25-9-12-13(18)3-2-4-14(12)19/h2-4,7-8,10,23H,5-6,9H2,1H3,(H2,20,22)(H,21,24). The highest BCUT2D eigenvalue weighted by atomic mass is 35.5. The van der Waals surface area contributed by atoms with Crippen molar-refractivity contribution in [3.8, 4) is 5.75 Å². The van der Waals surface area contributed by atoms with E-state index in [0.29, 0.717) is 34.1 Å². The van der Waals surface area contributed by atoms with Gasteiger partial charge in [0.1, 0.15) is 6.61 Å². The van der Waals surface area contributed by atoms with E-state index in [9.17, 15) is 9.90 Å². The van der Waals surface area contributed by atoms with Crippen LogP contribution in [0.2, 0.25) is 10.0 Å². The van der Waals surface area contributed by atoms with E-state index in [4.69, 9.17) is 33.7 Å². The van der Waals surface area contributed by atoms with Gasteiger partial charge in [0.15, 0.2) is 11.6 Å². The van der Waals surface area contributed by atoms with Crippen LogP contribution >= 0.6 is 23.2 Å². The number of anilines is 1. The van der Waals surface area contributed by atoms with E-state index in [1.165, 1.54) is 12.3 Å². The highest BCUT2D eigenvalue weighted by Gasteiger charge is 2.12. The molecule has 25 heavy (non-hydrogen) atoms. The van der Waals surface area contributed by atoms with Crippen molar-refractivity contribution < 1.29 is 14.6 Å². The number of amides is 1. The number of aliphatic hydroxyl groups excluding tert-OH is 1. The van der Waals surface area contributed by atoms with Gasteiger partial charge in [0.2, 0.25) is 0 Å². The minimum Gasteiger partial charge on any atom is -0.485 e. The topological polar surface area (TPSA) is 97.5 Å². The molecular weight excluding hydrogens is 365 g/mol. The average molecular weight is 384 g/mol. The van der Waals surface area contributed by atoms with Crippen molar-refractivity contribution in [2.45, 2.75) is 26.1 Å². The molecule has 0 saturated carbocycles. The molecule has 0 saturated heterocycles. The number of nitrogens with two attached hydrogens (primary N) is 1. The summed E-state index contributed by atoms with van der Waals surface area (Å²) >= 11 is 12.2. The fourth-order valence-electron chi connectivity index (χ4n) is 2.01. The Morgan fingerprint density at radius 1 is 1.40 bits per heavy atom. The second-order valence-electron chi connectivity index (χ2n) is 5.49. The lowest BCUT2D eigenvalue weighted by molar-refractivity contribution is 0.0944. The van der Waals surface area contributed by atoms with Crippen LogP contribution in [0.1, 0.15) is 29.3 Å². The van der Waals surface area contributed by atoms with Crippen LogP contribution in [0.15, 0.2) is 30.5 Å². The molecule has 4 N–H and O–H groups in total. The number of carbonyl (C=O) groups is 1. The molecule has 0 radical (unpaired) electrons. The maximum Gasteiger partial charge on any atom is 0.252 e. The van der Waals surface area contributed by atoms with E-state index >= 15 is 0 Å². The summed E-state index contributed by atoms with van der Waals surface area (Å²) in [6.07, 6.45) is 1.34. The van der Waals surface area contributed by atoms with Crippen molar-refractivity contribution >= 4 is 34.9 Å². The Bertz CT molecular complexity index is 734. The fraction of sp³-hybridized carbons (Fsp3) is 0.294. The summed E-state index contributed by atoms with van der Waals surface area (Å²) in [6, 6.07) is 6.66. The van der Waals surface area contributed by atoms with Gasteiger partial charge < -0.3 is 20.9 Å². The van der Waals surface area contributed by atoms with Crippen LogP contribution in [0.5, 0.6) is 5.75 Å². The Balaban J connectivity index is 2.07. The maximum absolute atomic E-state index is 12.1. The third kappa shape index (κ3) is 5.49. The molecule has 0 fully saturated rings. The monoisotopic (exact) mass is 383 g/mol. The minimum atomic E-state index is -0.482. The molecular formula is C17H19Cl2N3O3. The van der Waals surface area contributed by atoms with Gasteiger partial charge in [0.25, 0.3) is 5.91 Å². The fourth-order valence-corrected chi connectivity index (χ4v) is 2.52. The molecule has 1 atom stereocenters.